The number of benzene rings is 3. The Morgan fingerprint density at radius 3 is 1.33 bits per heavy atom. The molecule has 0 aromatic heterocycles. The van der Waals surface area contributed by atoms with Gasteiger partial charge in [0.25, 0.3) is 0 Å². The van der Waals surface area contributed by atoms with Crippen LogP contribution in [-0.2, 0) is 16.5 Å². The van der Waals surface area contributed by atoms with E-state index in [2.05, 4.69) is 91.0 Å². The Labute approximate surface area is 179 Å². The van der Waals surface area contributed by atoms with Crippen LogP contribution in [0.2, 0.25) is 0 Å². The molecule has 144 valence electrons. The normalized spacial score (nSPS) is 10.9. The second-order valence-electron chi connectivity index (χ2n) is 5.90. The molecule has 0 aliphatic carbocycles. The van der Waals surface area contributed by atoms with Crippen molar-refractivity contribution in [1.82, 2.24) is 0 Å². The zero-order valence-electron chi connectivity index (χ0n) is 14.8. The summed E-state index contributed by atoms with van der Waals surface area (Å²) in [7, 11) is 7.54. The predicted molar refractivity (Wildman–Crippen MR) is 118 cm³/mol. The first-order valence-electron chi connectivity index (χ1n) is 8.56. The second kappa shape index (κ2) is 12.5. The molecule has 3 rings (SSSR count). The van der Waals surface area contributed by atoms with E-state index in [0.29, 0.717) is 13.1 Å². The molecule has 0 fully saturated rings. The molecule has 0 bridgehead atoms. The van der Waals surface area contributed by atoms with Crippen molar-refractivity contribution in [3.63, 3.8) is 0 Å². The fourth-order valence-corrected chi connectivity index (χ4v) is 7.59. The van der Waals surface area contributed by atoms with Gasteiger partial charge in [-0.15, -0.1) is 6.17 Å². The van der Waals surface area contributed by atoms with Gasteiger partial charge in [-0.2, -0.15) is 13.1 Å². The average Bonchev–Trinajstić information content (AvgIpc) is 2.74. The summed E-state index contributed by atoms with van der Waals surface area (Å²) in [6, 6.07) is 32.3. The van der Waals surface area contributed by atoms with Crippen LogP contribution in [0.1, 0.15) is 0 Å². The zero-order valence-corrected chi connectivity index (χ0v) is 19.6. The Morgan fingerprint density at radius 2 is 1.04 bits per heavy atom. The van der Waals surface area contributed by atoms with Crippen molar-refractivity contribution in [2.45, 2.75) is 0 Å². The van der Waals surface area contributed by atoms with Crippen molar-refractivity contribution in [1.29, 1.82) is 0 Å². The largest absolute Gasteiger partial charge is 0.679 e. The molecule has 3 aromatic rings. The summed E-state index contributed by atoms with van der Waals surface area (Å²) in [5.74, 6) is 0. The van der Waals surface area contributed by atoms with E-state index < -0.39 is 24.6 Å². The van der Waals surface area contributed by atoms with Gasteiger partial charge < -0.3 is 11.1 Å². The Hall–Kier alpha value is -0.935. The third kappa shape index (κ3) is 6.02. The maximum atomic E-state index is 7.45. The molecular weight excluding hydrogens is 574 g/mol. The van der Waals surface area contributed by atoms with E-state index in [1.165, 1.54) is 15.6 Å². The summed E-state index contributed by atoms with van der Waals surface area (Å²) < 4.78 is 0. The monoisotopic (exact) mass is 595 g/mol. The van der Waals surface area contributed by atoms with E-state index in [4.69, 9.17) is 29.9 Å². The zero-order chi connectivity index (χ0) is 19.4. The summed E-state index contributed by atoms with van der Waals surface area (Å²) >= 11 is -0.472. The number of halogens is 2. The van der Waals surface area contributed by atoms with Gasteiger partial charge >= 0.3 is 35.3 Å². The molecule has 3 aromatic carbocycles. The molecule has 0 aliphatic heterocycles. The molecule has 0 aliphatic rings. The van der Waals surface area contributed by atoms with E-state index in [9.17, 15) is 0 Å². The minimum atomic E-state index is -2.21. The van der Waals surface area contributed by atoms with Crippen molar-refractivity contribution in [2.24, 2.45) is 0 Å². The molecule has 0 saturated carbocycles. The van der Waals surface area contributed by atoms with Crippen LogP contribution in [0.25, 0.3) is 11.1 Å². The molecular formula is C21H22Cl2N2PtSi. The summed E-state index contributed by atoms with van der Waals surface area (Å²) in [6.45, 7) is 0.949. The van der Waals surface area contributed by atoms with Crippen LogP contribution in [0.4, 0.5) is 0 Å². The van der Waals surface area contributed by atoms with Crippen LogP contribution < -0.4 is 15.6 Å². The molecule has 0 radical (unpaired) electrons. The van der Waals surface area contributed by atoms with Crippen molar-refractivity contribution in [3.05, 3.63) is 102 Å². The Kier molecular flexibility index (Phi) is 10.4. The summed E-state index contributed by atoms with van der Waals surface area (Å²) in [4.78, 5) is 0. The van der Waals surface area contributed by atoms with Crippen molar-refractivity contribution in [3.8, 4) is 0 Å². The molecule has 2 nitrogen and oxygen atoms in total. The molecule has 0 unspecified atom stereocenters. The Balaban J connectivity index is 0.000000817. The van der Waals surface area contributed by atoms with Gasteiger partial charge in [0.05, 0.1) is 0 Å². The first kappa shape index (κ1) is 22.4. The van der Waals surface area contributed by atoms with Crippen LogP contribution >= 0.6 is 18.8 Å². The second-order valence-corrected chi connectivity index (χ2v) is 13.0. The number of hydrogen-bond donors (Lipinski definition) is 0. The van der Waals surface area contributed by atoms with Crippen LogP contribution in [0.5, 0.6) is 0 Å². The Bertz CT molecular complexity index is 664. The van der Waals surface area contributed by atoms with Gasteiger partial charge in [0.1, 0.15) is 8.07 Å². The molecule has 1 N–H and O–H groups in total. The van der Waals surface area contributed by atoms with Gasteiger partial charge in [-0.1, -0.05) is 107 Å². The van der Waals surface area contributed by atoms with Crippen LogP contribution in [0.3, 0.4) is 0 Å². The SMILES string of the molecule is [Cl][Pt+2][Cl].[NH-]CC[N-]C[Si](c1ccccc1)(c1ccccc1)c1ccccc1. The van der Waals surface area contributed by atoms with Gasteiger partial charge in [0.15, 0.2) is 0 Å². The summed E-state index contributed by atoms with van der Waals surface area (Å²) in [5.41, 5.74) is 7.45. The molecule has 27 heavy (non-hydrogen) atoms. The van der Waals surface area contributed by atoms with Gasteiger partial charge in [-0.05, 0) is 0 Å². The van der Waals surface area contributed by atoms with Crippen molar-refractivity contribution in [2.75, 3.05) is 19.3 Å². The minimum Gasteiger partial charge on any atom is -0.679 e. The topological polar surface area (TPSA) is 37.9 Å². The van der Waals surface area contributed by atoms with E-state index >= 15 is 0 Å². The number of nitrogens with one attached hydrogen (secondary N) is 1. The van der Waals surface area contributed by atoms with Crippen LogP contribution in [0.15, 0.2) is 91.0 Å². The predicted octanol–water partition coefficient (Wildman–Crippen LogP) is 4.50. The number of nitrogens with zero attached hydrogens (tertiary/aromatic N) is 1. The quantitative estimate of drug-likeness (QED) is 0.219. The first-order chi connectivity index (χ1) is 13.3. The third-order valence-electron chi connectivity index (χ3n) is 4.42. The fraction of sp³-hybridized carbons (Fsp3) is 0.143. The van der Waals surface area contributed by atoms with Crippen molar-refractivity contribution >= 4 is 42.5 Å². The molecule has 0 heterocycles. The van der Waals surface area contributed by atoms with E-state index in [0.717, 1.165) is 6.17 Å². The Morgan fingerprint density at radius 1 is 0.704 bits per heavy atom. The van der Waals surface area contributed by atoms with E-state index in [1.807, 2.05) is 0 Å². The summed E-state index contributed by atoms with van der Waals surface area (Å²) in [5, 5.41) is 8.88. The minimum absolute atomic E-state index is 0.350. The van der Waals surface area contributed by atoms with E-state index in [-0.39, 0.29) is 0 Å². The van der Waals surface area contributed by atoms with Crippen LogP contribution in [-0.4, -0.2) is 27.3 Å². The van der Waals surface area contributed by atoms with Gasteiger partial charge in [-0.3, -0.25) is 0 Å². The van der Waals surface area contributed by atoms with Crippen molar-refractivity contribution < 1.29 is 16.5 Å². The first-order valence-corrected chi connectivity index (χ1v) is 16.4. The maximum Gasteiger partial charge on any atom is 0.128 e. The standard InChI is InChI=1S/C21H22N2Si.2ClH.Pt/c22-16-17-23-18-24(19-10-4-1-5-11-19,20-12-6-2-7-13-20)21-14-8-3-9-15-21;;;/h1-15,22H,16-18H2;2*1H;/q-2;;;+4/p-2. The molecule has 0 atom stereocenters. The molecule has 6 heteroatoms. The van der Waals surface area contributed by atoms with Gasteiger partial charge in [0.2, 0.25) is 0 Å². The summed E-state index contributed by atoms with van der Waals surface area (Å²) in [6.07, 6.45) is 0.782. The molecule has 0 saturated heterocycles. The van der Waals surface area contributed by atoms with E-state index in [1.54, 1.807) is 0 Å². The number of rotatable bonds is 7. The molecule has 0 amide bonds. The van der Waals surface area contributed by atoms with Gasteiger partial charge in [-0.25, -0.2) is 0 Å². The number of hydrogen-bond acceptors (Lipinski definition) is 0. The van der Waals surface area contributed by atoms with Crippen LogP contribution in [0, 0.1) is 0 Å². The molecule has 0 spiro atoms. The fourth-order valence-electron chi connectivity index (χ4n) is 3.27. The van der Waals surface area contributed by atoms with Gasteiger partial charge in [0, 0.05) is 0 Å². The average molecular weight is 596 g/mol. The maximum absolute atomic E-state index is 7.45. The smallest absolute Gasteiger partial charge is 0.128 e. The third-order valence-corrected chi connectivity index (χ3v) is 9.07.